The van der Waals surface area contributed by atoms with Crippen molar-refractivity contribution in [2.24, 2.45) is 0 Å². The minimum absolute atomic E-state index is 0.0130. The number of phenols is 1. The molecule has 1 N–H and O–H groups in total. The highest BCUT2D eigenvalue weighted by molar-refractivity contribution is 7.92. The van der Waals surface area contributed by atoms with Crippen molar-refractivity contribution in [3.8, 4) is 5.75 Å². The first-order chi connectivity index (χ1) is 9.72. The van der Waals surface area contributed by atoms with Gasteiger partial charge < -0.3 is 10.0 Å². The molecule has 0 aromatic heterocycles. The number of carbonyl (C=O) groups excluding carboxylic acids is 1. The fourth-order valence-corrected chi connectivity index (χ4v) is 3.72. The Morgan fingerprint density at radius 2 is 2.10 bits per heavy atom. The van der Waals surface area contributed by atoms with Crippen molar-refractivity contribution in [2.75, 3.05) is 18.8 Å². The van der Waals surface area contributed by atoms with Crippen molar-refractivity contribution in [2.45, 2.75) is 18.6 Å². The van der Waals surface area contributed by atoms with Crippen LogP contribution in [0.5, 0.6) is 5.75 Å². The maximum atomic E-state index is 13.3. The summed E-state index contributed by atoms with van der Waals surface area (Å²) in [4.78, 5) is 13.6. The van der Waals surface area contributed by atoms with E-state index in [0.717, 1.165) is 12.1 Å². The third-order valence-electron chi connectivity index (χ3n) is 3.61. The Morgan fingerprint density at radius 1 is 1.43 bits per heavy atom. The molecule has 1 aliphatic heterocycles. The van der Waals surface area contributed by atoms with E-state index in [4.69, 9.17) is 11.6 Å². The lowest BCUT2D eigenvalue weighted by Crippen LogP contribution is -2.33. The zero-order chi connectivity index (χ0) is 15.8. The van der Waals surface area contributed by atoms with Crippen LogP contribution < -0.4 is 0 Å². The van der Waals surface area contributed by atoms with Crippen LogP contribution in [0.4, 0.5) is 4.39 Å². The van der Waals surface area contributed by atoms with Gasteiger partial charge in [0.15, 0.2) is 9.84 Å². The average Bonchev–Trinajstić information content (AvgIpc) is 2.53. The minimum Gasteiger partial charge on any atom is -0.506 e. The molecule has 1 fully saturated rings. The standard InChI is InChI=1S/C13H15ClFNO4S/c1-8-2-3-16(4-5-21(8,19)20)13(18)10-6-9(15)7-11(14)12(10)17/h6-8,17H,2-5H2,1H3/t8-/m0/s1. The number of hydrogen-bond donors (Lipinski definition) is 1. The number of aromatic hydroxyl groups is 1. The van der Waals surface area contributed by atoms with Crippen LogP contribution in [0, 0.1) is 5.82 Å². The Hall–Kier alpha value is -1.34. The number of carbonyl (C=O) groups is 1. The molecule has 1 saturated heterocycles. The van der Waals surface area contributed by atoms with Crippen molar-refractivity contribution in [1.82, 2.24) is 4.90 Å². The topological polar surface area (TPSA) is 74.7 Å². The van der Waals surface area contributed by atoms with Gasteiger partial charge in [0.2, 0.25) is 0 Å². The fraction of sp³-hybridized carbons (Fsp3) is 0.462. The van der Waals surface area contributed by atoms with E-state index >= 15 is 0 Å². The quantitative estimate of drug-likeness (QED) is 0.849. The molecular formula is C13H15ClFNO4S. The van der Waals surface area contributed by atoms with Gasteiger partial charge in [0, 0.05) is 13.1 Å². The van der Waals surface area contributed by atoms with E-state index in [1.165, 1.54) is 4.90 Å². The predicted octanol–water partition coefficient (Wildman–Crippen LogP) is 1.83. The number of amides is 1. The monoisotopic (exact) mass is 335 g/mol. The second-order valence-corrected chi connectivity index (χ2v) is 7.99. The molecule has 0 radical (unpaired) electrons. The van der Waals surface area contributed by atoms with Gasteiger partial charge in [0.1, 0.15) is 11.6 Å². The van der Waals surface area contributed by atoms with E-state index in [-0.39, 0.29) is 29.4 Å². The Bertz CT molecular complexity index is 677. The predicted molar refractivity (Wildman–Crippen MR) is 76.8 cm³/mol. The van der Waals surface area contributed by atoms with Crippen LogP contribution in [-0.2, 0) is 9.84 Å². The van der Waals surface area contributed by atoms with Gasteiger partial charge >= 0.3 is 0 Å². The number of phenolic OH excluding ortho intramolecular Hbond substituents is 1. The third-order valence-corrected chi connectivity index (χ3v) is 6.11. The van der Waals surface area contributed by atoms with Crippen molar-refractivity contribution in [3.63, 3.8) is 0 Å². The first-order valence-electron chi connectivity index (χ1n) is 6.41. The zero-order valence-corrected chi connectivity index (χ0v) is 12.9. The molecule has 0 saturated carbocycles. The van der Waals surface area contributed by atoms with Crippen molar-refractivity contribution < 1.29 is 22.7 Å². The molecule has 0 bridgehead atoms. The third kappa shape index (κ3) is 3.29. The molecule has 0 unspecified atom stereocenters. The number of hydrogen-bond acceptors (Lipinski definition) is 4. The van der Waals surface area contributed by atoms with Gasteiger partial charge in [-0.15, -0.1) is 0 Å². The van der Waals surface area contributed by atoms with Gasteiger partial charge in [0.05, 0.1) is 21.6 Å². The second-order valence-electron chi connectivity index (χ2n) is 5.04. The number of benzene rings is 1. The second kappa shape index (κ2) is 5.81. The molecular weight excluding hydrogens is 321 g/mol. The van der Waals surface area contributed by atoms with Crippen LogP contribution in [-0.4, -0.2) is 48.4 Å². The normalized spacial score (nSPS) is 21.9. The Labute approximate surface area is 127 Å². The van der Waals surface area contributed by atoms with Crippen LogP contribution in [0.15, 0.2) is 12.1 Å². The van der Waals surface area contributed by atoms with Gasteiger partial charge in [-0.25, -0.2) is 12.8 Å². The first kappa shape index (κ1) is 16.0. The molecule has 1 atom stereocenters. The molecule has 5 nitrogen and oxygen atoms in total. The minimum atomic E-state index is -3.23. The lowest BCUT2D eigenvalue weighted by molar-refractivity contribution is 0.0763. The van der Waals surface area contributed by atoms with Crippen LogP contribution >= 0.6 is 11.6 Å². The maximum Gasteiger partial charge on any atom is 0.257 e. The smallest absolute Gasteiger partial charge is 0.257 e. The molecule has 8 heteroatoms. The van der Waals surface area contributed by atoms with E-state index in [9.17, 15) is 22.7 Å². The van der Waals surface area contributed by atoms with Crippen molar-refractivity contribution in [3.05, 3.63) is 28.5 Å². The highest BCUT2D eigenvalue weighted by Crippen LogP contribution is 2.30. The summed E-state index contributed by atoms with van der Waals surface area (Å²) in [5.74, 6) is -2.01. The average molecular weight is 336 g/mol. The lowest BCUT2D eigenvalue weighted by Gasteiger charge is -2.20. The summed E-state index contributed by atoms with van der Waals surface area (Å²) in [6, 6.07) is 1.80. The number of halogens is 2. The van der Waals surface area contributed by atoms with Crippen LogP contribution in [0.1, 0.15) is 23.7 Å². The largest absolute Gasteiger partial charge is 0.506 e. The molecule has 1 aromatic rings. The van der Waals surface area contributed by atoms with E-state index in [1.54, 1.807) is 6.92 Å². The van der Waals surface area contributed by atoms with Crippen molar-refractivity contribution in [1.29, 1.82) is 0 Å². The first-order valence-corrected chi connectivity index (χ1v) is 8.50. The summed E-state index contributed by atoms with van der Waals surface area (Å²) < 4.78 is 37.0. The molecule has 2 rings (SSSR count). The Morgan fingerprint density at radius 3 is 2.76 bits per heavy atom. The SMILES string of the molecule is C[C@H]1CCN(C(=O)c2cc(F)cc(Cl)c2O)CCS1(=O)=O. The van der Waals surface area contributed by atoms with E-state index in [2.05, 4.69) is 0 Å². The van der Waals surface area contributed by atoms with Crippen LogP contribution in [0.2, 0.25) is 5.02 Å². The highest BCUT2D eigenvalue weighted by atomic mass is 35.5. The number of sulfone groups is 1. The van der Waals surface area contributed by atoms with Gasteiger partial charge in [-0.1, -0.05) is 11.6 Å². The summed E-state index contributed by atoms with van der Waals surface area (Å²) in [6.07, 6.45) is 0.303. The molecule has 0 spiro atoms. The van der Waals surface area contributed by atoms with E-state index in [1.807, 2.05) is 0 Å². The maximum absolute atomic E-state index is 13.3. The van der Waals surface area contributed by atoms with Gasteiger partial charge in [-0.3, -0.25) is 4.79 Å². The summed E-state index contributed by atoms with van der Waals surface area (Å²) in [5.41, 5.74) is -0.257. The summed E-state index contributed by atoms with van der Waals surface area (Å²) in [7, 11) is -3.23. The fourth-order valence-electron chi connectivity index (χ4n) is 2.17. The Balaban J connectivity index is 2.29. The van der Waals surface area contributed by atoms with Gasteiger partial charge in [-0.2, -0.15) is 0 Å². The molecule has 1 aliphatic rings. The zero-order valence-electron chi connectivity index (χ0n) is 11.3. The molecule has 1 heterocycles. The highest BCUT2D eigenvalue weighted by Gasteiger charge is 2.30. The summed E-state index contributed by atoms with van der Waals surface area (Å²) in [6.45, 7) is 1.84. The summed E-state index contributed by atoms with van der Waals surface area (Å²) in [5, 5.41) is 9.00. The molecule has 1 aromatic carbocycles. The van der Waals surface area contributed by atoms with E-state index in [0.29, 0.717) is 6.42 Å². The molecule has 0 aliphatic carbocycles. The van der Waals surface area contributed by atoms with Crippen LogP contribution in [0.3, 0.4) is 0 Å². The van der Waals surface area contributed by atoms with E-state index < -0.39 is 32.6 Å². The summed E-state index contributed by atoms with van der Waals surface area (Å²) >= 11 is 5.65. The number of rotatable bonds is 1. The Kier molecular flexibility index (Phi) is 4.43. The van der Waals surface area contributed by atoms with Crippen molar-refractivity contribution >= 4 is 27.3 Å². The number of nitrogens with zero attached hydrogens (tertiary/aromatic N) is 1. The van der Waals surface area contributed by atoms with Gasteiger partial charge in [0.25, 0.3) is 5.91 Å². The lowest BCUT2D eigenvalue weighted by atomic mass is 10.1. The molecule has 116 valence electrons. The molecule has 21 heavy (non-hydrogen) atoms. The van der Waals surface area contributed by atoms with Crippen LogP contribution in [0.25, 0.3) is 0 Å². The van der Waals surface area contributed by atoms with Gasteiger partial charge in [-0.05, 0) is 25.5 Å². The molecule has 1 amide bonds.